The summed E-state index contributed by atoms with van der Waals surface area (Å²) in [6.07, 6.45) is 0.976. The Hall–Kier alpha value is -3.03. The van der Waals surface area contributed by atoms with Crippen molar-refractivity contribution in [3.8, 4) is 0 Å². The highest BCUT2D eigenvalue weighted by Crippen LogP contribution is 2.29. The summed E-state index contributed by atoms with van der Waals surface area (Å²) < 4.78 is 1.26. The first-order valence-corrected chi connectivity index (χ1v) is 7.44. The second-order valence-electron chi connectivity index (χ2n) is 5.78. The van der Waals surface area contributed by atoms with Crippen LogP contribution in [0.2, 0.25) is 0 Å². The number of allylic oxidation sites excluding steroid dienone is 1. The number of aryl methyl sites for hydroxylation is 1. The van der Waals surface area contributed by atoms with Crippen LogP contribution in [-0.4, -0.2) is 32.3 Å². The summed E-state index contributed by atoms with van der Waals surface area (Å²) in [7, 11) is 1.61. The molecule has 8 nitrogen and oxygen atoms in total. The zero-order valence-electron chi connectivity index (χ0n) is 13.4. The lowest BCUT2D eigenvalue weighted by Crippen LogP contribution is -2.42. The molecule has 24 heavy (non-hydrogen) atoms. The van der Waals surface area contributed by atoms with E-state index in [1.165, 1.54) is 21.6 Å². The molecule has 124 valence electrons. The van der Waals surface area contributed by atoms with Crippen molar-refractivity contribution in [2.45, 2.75) is 25.8 Å². The lowest BCUT2D eigenvalue weighted by molar-refractivity contribution is -0.383. The summed E-state index contributed by atoms with van der Waals surface area (Å²) in [5.41, 5.74) is 0.0643. The van der Waals surface area contributed by atoms with Gasteiger partial charge in [-0.15, -0.1) is 0 Å². The first-order chi connectivity index (χ1) is 11.3. The number of rotatable bonds is 2. The Morgan fingerprint density at radius 2 is 2.08 bits per heavy atom. The van der Waals surface area contributed by atoms with Gasteiger partial charge in [-0.25, -0.2) is 4.98 Å². The van der Waals surface area contributed by atoms with Gasteiger partial charge >= 0.3 is 0 Å². The first-order valence-electron chi connectivity index (χ1n) is 7.44. The van der Waals surface area contributed by atoms with Crippen LogP contribution in [0.4, 0.5) is 5.69 Å². The van der Waals surface area contributed by atoms with Crippen LogP contribution in [0.5, 0.6) is 0 Å². The van der Waals surface area contributed by atoms with Crippen molar-refractivity contribution in [2.24, 2.45) is 0 Å². The van der Waals surface area contributed by atoms with E-state index < -0.39 is 16.5 Å². The fraction of sp³-hybridized carbons (Fsp3) is 0.312. The monoisotopic (exact) mass is 328 g/mol. The van der Waals surface area contributed by atoms with Gasteiger partial charge < -0.3 is 4.90 Å². The summed E-state index contributed by atoms with van der Waals surface area (Å²) >= 11 is 0. The van der Waals surface area contributed by atoms with Crippen LogP contribution in [0.25, 0.3) is 10.9 Å². The number of benzene rings is 1. The number of likely N-dealkylation sites (N-methyl/N-ethyl adjacent to an activating group) is 1. The quantitative estimate of drug-likeness (QED) is 0.619. The standard InChI is InChI=1S/C16H16N4O4/c1-9-7-8-13(15(21)18(9)3)19-10(2)17-11-5-4-6-12(20(23)24)14(11)16(19)22/h4-6,13H,1,7-8H2,2-3H3. The van der Waals surface area contributed by atoms with Gasteiger partial charge in [0, 0.05) is 18.8 Å². The molecule has 1 aromatic carbocycles. The molecule has 0 bridgehead atoms. The number of nitro benzene ring substituents is 1. The van der Waals surface area contributed by atoms with Crippen molar-refractivity contribution in [3.05, 3.63) is 56.8 Å². The molecule has 0 aliphatic carbocycles. The number of nitrogens with zero attached hydrogens (tertiary/aromatic N) is 4. The van der Waals surface area contributed by atoms with Crippen molar-refractivity contribution in [3.63, 3.8) is 0 Å². The van der Waals surface area contributed by atoms with Crippen molar-refractivity contribution in [1.29, 1.82) is 0 Å². The molecule has 1 amide bonds. The van der Waals surface area contributed by atoms with Gasteiger partial charge in [0.1, 0.15) is 17.3 Å². The Kier molecular flexibility index (Phi) is 3.67. The average Bonchev–Trinajstić information content (AvgIpc) is 2.54. The average molecular weight is 328 g/mol. The van der Waals surface area contributed by atoms with Gasteiger partial charge in [-0.05, 0) is 25.8 Å². The molecule has 1 saturated heterocycles. The summed E-state index contributed by atoms with van der Waals surface area (Å²) in [5, 5.41) is 11.2. The second-order valence-corrected chi connectivity index (χ2v) is 5.78. The molecule has 1 aliphatic rings. The molecule has 1 fully saturated rings. The number of hydrogen-bond donors (Lipinski definition) is 0. The lowest BCUT2D eigenvalue weighted by Gasteiger charge is -2.32. The van der Waals surface area contributed by atoms with Crippen LogP contribution in [0.15, 0.2) is 35.3 Å². The summed E-state index contributed by atoms with van der Waals surface area (Å²) in [6.45, 7) is 5.44. The highest BCUT2D eigenvalue weighted by atomic mass is 16.6. The highest BCUT2D eigenvalue weighted by Gasteiger charge is 2.33. The smallest absolute Gasteiger partial charge is 0.284 e. The fourth-order valence-corrected chi connectivity index (χ4v) is 3.07. The number of carbonyl (C=O) groups excluding carboxylic acids is 1. The molecule has 1 aliphatic heterocycles. The molecule has 0 saturated carbocycles. The SMILES string of the molecule is C=C1CCC(n2c(C)nc3cccc([N+](=O)[O-])c3c2=O)C(=O)N1C. The topological polar surface area (TPSA) is 98.3 Å². The number of non-ortho nitro benzene ring substituents is 1. The van der Waals surface area contributed by atoms with E-state index in [-0.39, 0.29) is 22.5 Å². The minimum absolute atomic E-state index is 0.0760. The Balaban J connectivity index is 2.28. The molecule has 1 unspecified atom stereocenters. The number of fused-ring (bicyclic) bond motifs is 1. The second kappa shape index (κ2) is 5.55. The third kappa shape index (κ3) is 2.27. The van der Waals surface area contributed by atoms with Gasteiger partial charge in [0.05, 0.1) is 10.4 Å². The van der Waals surface area contributed by atoms with E-state index >= 15 is 0 Å². The normalized spacial score (nSPS) is 18.2. The molecule has 1 aromatic heterocycles. The van der Waals surface area contributed by atoms with E-state index in [2.05, 4.69) is 11.6 Å². The van der Waals surface area contributed by atoms with Gasteiger partial charge in [0.2, 0.25) is 5.91 Å². The Morgan fingerprint density at radius 3 is 2.75 bits per heavy atom. The maximum atomic E-state index is 12.9. The fourth-order valence-electron chi connectivity index (χ4n) is 3.07. The predicted octanol–water partition coefficient (Wildman–Crippen LogP) is 1.92. The number of carbonyl (C=O) groups is 1. The van der Waals surface area contributed by atoms with Crippen LogP contribution in [0.3, 0.4) is 0 Å². The van der Waals surface area contributed by atoms with Gasteiger partial charge in [0.15, 0.2) is 0 Å². The maximum Gasteiger partial charge on any atom is 0.284 e. The number of amides is 1. The molecule has 0 radical (unpaired) electrons. The van der Waals surface area contributed by atoms with Crippen LogP contribution in [0, 0.1) is 17.0 Å². The van der Waals surface area contributed by atoms with E-state index in [4.69, 9.17) is 0 Å². The molecule has 2 heterocycles. The first kappa shape index (κ1) is 15.9. The molecule has 2 aromatic rings. The van der Waals surface area contributed by atoms with E-state index in [1.54, 1.807) is 20.0 Å². The zero-order chi connectivity index (χ0) is 17.6. The van der Waals surface area contributed by atoms with E-state index in [9.17, 15) is 19.7 Å². The number of nitro groups is 1. The maximum absolute atomic E-state index is 12.9. The van der Waals surface area contributed by atoms with Crippen LogP contribution < -0.4 is 5.56 Å². The van der Waals surface area contributed by atoms with Gasteiger partial charge in [-0.1, -0.05) is 12.6 Å². The van der Waals surface area contributed by atoms with Crippen molar-refractivity contribution < 1.29 is 9.72 Å². The largest absolute Gasteiger partial charge is 0.318 e. The van der Waals surface area contributed by atoms with Gasteiger partial charge in [-0.2, -0.15) is 0 Å². The minimum Gasteiger partial charge on any atom is -0.318 e. The molecule has 0 N–H and O–H groups in total. The molecular weight excluding hydrogens is 312 g/mol. The van der Waals surface area contributed by atoms with Crippen molar-refractivity contribution in [1.82, 2.24) is 14.5 Å². The van der Waals surface area contributed by atoms with Crippen LogP contribution in [-0.2, 0) is 4.79 Å². The Labute approximate surface area is 137 Å². The summed E-state index contributed by atoms with van der Waals surface area (Å²) in [4.78, 5) is 41.8. The highest BCUT2D eigenvalue weighted by molar-refractivity contribution is 5.88. The van der Waals surface area contributed by atoms with E-state index in [0.29, 0.717) is 24.4 Å². The number of piperidine rings is 1. The molecule has 1 atom stereocenters. The third-order valence-electron chi connectivity index (χ3n) is 4.39. The third-order valence-corrected chi connectivity index (χ3v) is 4.39. The lowest BCUT2D eigenvalue weighted by atomic mass is 10.0. The molecule has 0 spiro atoms. The van der Waals surface area contributed by atoms with E-state index in [0.717, 1.165) is 0 Å². The molecular formula is C16H16N4O4. The number of hydrogen-bond acceptors (Lipinski definition) is 5. The summed E-state index contributed by atoms with van der Waals surface area (Å²) in [6, 6.07) is 3.57. The molecule has 3 rings (SSSR count). The minimum atomic E-state index is -0.732. The van der Waals surface area contributed by atoms with E-state index in [1.807, 2.05) is 0 Å². The zero-order valence-corrected chi connectivity index (χ0v) is 13.4. The van der Waals surface area contributed by atoms with Gasteiger partial charge in [0.25, 0.3) is 11.2 Å². The predicted molar refractivity (Wildman–Crippen MR) is 87.6 cm³/mol. The summed E-state index contributed by atoms with van der Waals surface area (Å²) in [5.74, 6) is 0.0865. The van der Waals surface area contributed by atoms with Crippen LogP contribution >= 0.6 is 0 Å². The van der Waals surface area contributed by atoms with Crippen LogP contribution in [0.1, 0.15) is 24.7 Å². The Morgan fingerprint density at radius 1 is 1.38 bits per heavy atom. The molecule has 8 heteroatoms. The van der Waals surface area contributed by atoms with Crippen molar-refractivity contribution >= 4 is 22.5 Å². The number of aromatic nitrogens is 2. The van der Waals surface area contributed by atoms with Crippen molar-refractivity contribution in [2.75, 3.05) is 7.05 Å². The Bertz CT molecular complexity index is 947. The number of likely N-dealkylation sites (tertiary alicyclic amines) is 1. The van der Waals surface area contributed by atoms with Gasteiger partial charge in [-0.3, -0.25) is 24.3 Å².